The maximum Gasteiger partial charge on any atom is 0.245 e. The Bertz CT molecular complexity index is 522. The molecule has 0 aromatic heterocycles. The van der Waals surface area contributed by atoms with Gasteiger partial charge in [-0.05, 0) is 24.6 Å². The molecule has 0 spiro atoms. The van der Waals surface area contributed by atoms with Crippen LogP contribution in [0.4, 0.5) is 5.69 Å². The van der Waals surface area contributed by atoms with Gasteiger partial charge in [-0.1, -0.05) is 18.5 Å². The van der Waals surface area contributed by atoms with Gasteiger partial charge in [-0.3, -0.25) is 9.59 Å². The van der Waals surface area contributed by atoms with Crippen molar-refractivity contribution in [3.05, 3.63) is 28.8 Å². The molecule has 114 valence electrons. The van der Waals surface area contributed by atoms with Crippen LogP contribution >= 0.6 is 11.6 Å². The second-order valence-corrected chi connectivity index (χ2v) is 5.33. The monoisotopic (exact) mass is 310 g/mol. The molecule has 1 fully saturated rings. The molecule has 6 heteroatoms. The van der Waals surface area contributed by atoms with Gasteiger partial charge in [-0.15, -0.1) is 0 Å². The molecule has 1 atom stereocenters. The summed E-state index contributed by atoms with van der Waals surface area (Å²) in [5.41, 5.74) is 1.20. The fourth-order valence-corrected chi connectivity index (χ4v) is 2.51. The summed E-state index contributed by atoms with van der Waals surface area (Å²) >= 11 is 6.03. The number of aldehydes is 1. The lowest BCUT2D eigenvalue weighted by molar-refractivity contribution is -0.124. The van der Waals surface area contributed by atoms with Crippen LogP contribution in [-0.4, -0.2) is 44.5 Å². The van der Waals surface area contributed by atoms with Crippen LogP contribution in [0.25, 0.3) is 0 Å². The molecule has 0 radical (unpaired) electrons. The van der Waals surface area contributed by atoms with Crippen molar-refractivity contribution in [1.82, 2.24) is 5.32 Å². The molecule has 1 N–H and O–H groups in total. The summed E-state index contributed by atoms with van der Waals surface area (Å²) < 4.78 is 5.41. The van der Waals surface area contributed by atoms with E-state index in [4.69, 9.17) is 16.3 Å². The molecule has 1 aromatic rings. The van der Waals surface area contributed by atoms with Gasteiger partial charge in [0.1, 0.15) is 6.04 Å². The third-order valence-electron chi connectivity index (χ3n) is 3.41. The molecule has 0 saturated carbocycles. The van der Waals surface area contributed by atoms with Gasteiger partial charge in [0.2, 0.25) is 5.91 Å². The lowest BCUT2D eigenvalue weighted by Crippen LogP contribution is -2.54. The van der Waals surface area contributed by atoms with E-state index < -0.39 is 6.04 Å². The number of amides is 1. The molecule has 1 unspecified atom stereocenters. The van der Waals surface area contributed by atoms with Crippen LogP contribution in [0.15, 0.2) is 18.2 Å². The van der Waals surface area contributed by atoms with Crippen LogP contribution < -0.4 is 10.2 Å². The maximum absolute atomic E-state index is 12.3. The zero-order chi connectivity index (χ0) is 15.2. The molecule has 1 aliphatic heterocycles. The van der Waals surface area contributed by atoms with Crippen LogP contribution in [0.2, 0.25) is 5.02 Å². The highest BCUT2D eigenvalue weighted by molar-refractivity contribution is 6.31. The molecule has 1 amide bonds. The number of halogens is 1. The van der Waals surface area contributed by atoms with E-state index in [0.717, 1.165) is 12.7 Å². The number of ether oxygens (including phenoxy) is 1. The number of hydrogen-bond acceptors (Lipinski definition) is 4. The number of benzene rings is 1. The van der Waals surface area contributed by atoms with Gasteiger partial charge in [0, 0.05) is 29.4 Å². The van der Waals surface area contributed by atoms with Crippen molar-refractivity contribution in [3.8, 4) is 0 Å². The number of carbonyl (C=O) groups is 2. The van der Waals surface area contributed by atoms with Gasteiger partial charge in [-0.2, -0.15) is 0 Å². The predicted molar refractivity (Wildman–Crippen MR) is 82.1 cm³/mol. The Labute approximate surface area is 129 Å². The summed E-state index contributed by atoms with van der Waals surface area (Å²) in [6.07, 6.45) is 1.65. The number of carbonyl (C=O) groups excluding carboxylic acids is 2. The van der Waals surface area contributed by atoms with Crippen LogP contribution in [-0.2, 0) is 9.53 Å². The predicted octanol–water partition coefficient (Wildman–Crippen LogP) is 1.88. The van der Waals surface area contributed by atoms with E-state index in [2.05, 4.69) is 5.32 Å². The lowest BCUT2D eigenvalue weighted by Gasteiger charge is -2.37. The summed E-state index contributed by atoms with van der Waals surface area (Å²) in [5, 5.41) is 3.41. The third-order valence-corrected chi connectivity index (χ3v) is 3.64. The molecule has 1 saturated heterocycles. The van der Waals surface area contributed by atoms with E-state index in [9.17, 15) is 9.59 Å². The van der Waals surface area contributed by atoms with Crippen LogP contribution in [0.1, 0.15) is 23.7 Å². The second kappa shape index (κ2) is 7.43. The first-order chi connectivity index (χ1) is 10.2. The summed E-state index contributed by atoms with van der Waals surface area (Å²) in [7, 11) is 0. The topological polar surface area (TPSA) is 58.6 Å². The van der Waals surface area contributed by atoms with Crippen LogP contribution in [0.3, 0.4) is 0 Å². The molecule has 21 heavy (non-hydrogen) atoms. The Morgan fingerprint density at radius 3 is 3.10 bits per heavy atom. The fourth-order valence-electron chi connectivity index (χ4n) is 2.34. The van der Waals surface area contributed by atoms with Crippen molar-refractivity contribution >= 4 is 29.5 Å². The first-order valence-electron chi connectivity index (χ1n) is 7.04. The van der Waals surface area contributed by atoms with Crippen molar-refractivity contribution in [3.63, 3.8) is 0 Å². The van der Waals surface area contributed by atoms with Crippen molar-refractivity contribution in [2.24, 2.45) is 0 Å². The van der Waals surface area contributed by atoms with E-state index in [1.807, 2.05) is 11.8 Å². The van der Waals surface area contributed by atoms with Gasteiger partial charge in [-0.25, -0.2) is 0 Å². The van der Waals surface area contributed by atoms with Crippen molar-refractivity contribution in [1.29, 1.82) is 0 Å². The number of anilines is 1. The minimum Gasteiger partial charge on any atom is -0.377 e. The average molecular weight is 311 g/mol. The van der Waals surface area contributed by atoms with Gasteiger partial charge in [0.05, 0.1) is 13.2 Å². The Balaban J connectivity index is 2.28. The zero-order valence-electron chi connectivity index (χ0n) is 12.0. The number of nitrogens with zero attached hydrogens (tertiary/aromatic N) is 1. The van der Waals surface area contributed by atoms with Crippen molar-refractivity contribution in [2.45, 2.75) is 19.4 Å². The minimum absolute atomic E-state index is 0.0895. The molecule has 5 nitrogen and oxygen atoms in total. The largest absolute Gasteiger partial charge is 0.377 e. The zero-order valence-corrected chi connectivity index (χ0v) is 12.7. The molecule has 2 rings (SSSR count). The normalized spacial score (nSPS) is 18.4. The highest BCUT2D eigenvalue weighted by Crippen LogP contribution is 2.27. The quantitative estimate of drug-likeness (QED) is 0.844. The minimum atomic E-state index is -0.442. The summed E-state index contributed by atoms with van der Waals surface area (Å²) in [6.45, 7) is 3.99. The second-order valence-electron chi connectivity index (χ2n) is 4.90. The number of nitrogens with one attached hydrogen (secondary N) is 1. The van der Waals surface area contributed by atoms with E-state index in [1.54, 1.807) is 18.2 Å². The average Bonchev–Trinajstić information content (AvgIpc) is 2.52. The molecule has 0 aliphatic carbocycles. The van der Waals surface area contributed by atoms with Gasteiger partial charge in [0.15, 0.2) is 6.29 Å². The van der Waals surface area contributed by atoms with E-state index in [1.165, 1.54) is 0 Å². The van der Waals surface area contributed by atoms with E-state index in [0.29, 0.717) is 42.6 Å². The smallest absolute Gasteiger partial charge is 0.245 e. The fraction of sp³-hybridized carbons (Fsp3) is 0.467. The Morgan fingerprint density at radius 1 is 1.57 bits per heavy atom. The van der Waals surface area contributed by atoms with E-state index >= 15 is 0 Å². The van der Waals surface area contributed by atoms with Gasteiger partial charge in [0.25, 0.3) is 0 Å². The summed E-state index contributed by atoms with van der Waals surface area (Å²) in [6, 6.07) is 4.61. The summed E-state index contributed by atoms with van der Waals surface area (Å²) in [5.74, 6) is -0.0895. The highest BCUT2D eigenvalue weighted by Gasteiger charge is 2.30. The third kappa shape index (κ3) is 3.74. The Kier molecular flexibility index (Phi) is 5.59. The molecular weight excluding hydrogens is 292 g/mol. The highest BCUT2D eigenvalue weighted by atomic mass is 35.5. The lowest BCUT2D eigenvalue weighted by atomic mass is 10.1. The van der Waals surface area contributed by atoms with Crippen LogP contribution in [0.5, 0.6) is 0 Å². The van der Waals surface area contributed by atoms with Crippen molar-refractivity contribution < 1.29 is 14.3 Å². The molecule has 1 heterocycles. The number of morpholine rings is 1. The first-order valence-corrected chi connectivity index (χ1v) is 7.42. The maximum atomic E-state index is 12.3. The van der Waals surface area contributed by atoms with E-state index in [-0.39, 0.29) is 5.91 Å². The Morgan fingerprint density at radius 2 is 2.38 bits per heavy atom. The van der Waals surface area contributed by atoms with Gasteiger partial charge >= 0.3 is 0 Å². The number of rotatable bonds is 5. The standard InChI is InChI=1S/C15H19ClN2O3/c1-2-5-17-15(20)14-10-21-7-6-18(14)13-8-12(16)4-3-11(13)9-19/h3-4,8-9,14H,2,5-7,10H2,1H3,(H,17,20). The van der Waals surface area contributed by atoms with Crippen LogP contribution in [0, 0.1) is 0 Å². The molecule has 1 aliphatic rings. The molecule has 0 bridgehead atoms. The summed E-state index contributed by atoms with van der Waals surface area (Å²) in [4.78, 5) is 25.4. The first kappa shape index (κ1) is 15.8. The van der Waals surface area contributed by atoms with Crippen molar-refractivity contribution in [2.75, 3.05) is 31.2 Å². The molecular formula is C15H19ClN2O3. The van der Waals surface area contributed by atoms with Gasteiger partial charge < -0.3 is 15.0 Å². The molecule has 1 aromatic carbocycles. The SMILES string of the molecule is CCCNC(=O)C1COCCN1c1cc(Cl)ccc1C=O. The Hall–Kier alpha value is -1.59. The number of hydrogen-bond donors (Lipinski definition) is 1.